The van der Waals surface area contributed by atoms with Gasteiger partial charge in [-0.3, -0.25) is 4.68 Å². The van der Waals surface area contributed by atoms with Gasteiger partial charge in [0.05, 0.1) is 6.54 Å². The minimum atomic E-state index is 0.668. The van der Waals surface area contributed by atoms with E-state index in [4.69, 9.17) is 0 Å². The van der Waals surface area contributed by atoms with Gasteiger partial charge in [-0.05, 0) is 18.4 Å². The van der Waals surface area contributed by atoms with Crippen LogP contribution in [0.4, 0.5) is 0 Å². The van der Waals surface area contributed by atoms with E-state index in [9.17, 15) is 0 Å². The fraction of sp³-hybridized carbons (Fsp3) is 0.846. The van der Waals surface area contributed by atoms with Crippen LogP contribution in [0.1, 0.15) is 46.4 Å². The molecule has 1 aromatic rings. The molecule has 17 heavy (non-hydrogen) atoms. The smallest absolute Gasteiger partial charge is 0.164 e. The second-order valence-electron chi connectivity index (χ2n) is 5.09. The van der Waals surface area contributed by atoms with Crippen molar-refractivity contribution in [2.45, 2.75) is 53.6 Å². The molecule has 0 saturated heterocycles. The van der Waals surface area contributed by atoms with Crippen LogP contribution in [0, 0.1) is 11.8 Å². The fourth-order valence-corrected chi connectivity index (χ4v) is 1.79. The summed E-state index contributed by atoms with van der Waals surface area (Å²) in [5, 5.41) is 7.84. The van der Waals surface area contributed by atoms with Gasteiger partial charge in [-0.25, -0.2) is 4.98 Å². The number of nitrogens with zero attached hydrogens (tertiary/aromatic N) is 3. The van der Waals surface area contributed by atoms with Gasteiger partial charge in [0.25, 0.3) is 0 Å². The number of nitrogens with one attached hydrogen (secondary N) is 1. The normalized spacial score (nSPS) is 11.6. The molecule has 98 valence electrons. The topological polar surface area (TPSA) is 42.7 Å². The zero-order chi connectivity index (χ0) is 12.7. The average molecular weight is 238 g/mol. The van der Waals surface area contributed by atoms with E-state index < -0.39 is 0 Å². The Kier molecular flexibility index (Phi) is 6.19. The number of rotatable bonds is 8. The van der Waals surface area contributed by atoms with Crippen LogP contribution in [0.15, 0.2) is 6.33 Å². The number of hydrogen-bond donors (Lipinski definition) is 1. The highest BCUT2D eigenvalue weighted by molar-refractivity contribution is 4.81. The van der Waals surface area contributed by atoms with Crippen LogP contribution in [0.25, 0.3) is 0 Å². The average Bonchev–Trinajstić information content (AvgIpc) is 2.73. The van der Waals surface area contributed by atoms with Gasteiger partial charge in [0.2, 0.25) is 0 Å². The van der Waals surface area contributed by atoms with Crippen molar-refractivity contribution in [3.05, 3.63) is 12.2 Å². The molecule has 4 heteroatoms. The van der Waals surface area contributed by atoms with E-state index in [1.165, 1.54) is 12.8 Å². The van der Waals surface area contributed by atoms with Crippen molar-refractivity contribution in [1.82, 2.24) is 20.1 Å². The highest BCUT2D eigenvalue weighted by Gasteiger charge is 2.06. The molecule has 0 spiro atoms. The Balaban J connectivity index is 2.37. The lowest BCUT2D eigenvalue weighted by molar-refractivity contribution is 0.393. The molecule has 0 aliphatic rings. The van der Waals surface area contributed by atoms with Crippen molar-refractivity contribution in [2.75, 3.05) is 6.54 Å². The molecule has 0 fully saturated rings. The largest absolute Gasteiger partial charge is 0.310 e. The summed E-state index contributed by atoms with van der Waals surface area (Å²) >= 11 is 0. The lowest BCUT2D eigenvalue weighted by atomic mass is 10.0. The van der Waals surface area contributed by atoms with Gasteiger partial charge in [-0.2, -0.15) is 5.10 Å². The van der Waals surface area contributed by atoms with Crippen LogP contribution >= 0.6 is 0 Å². The standard InChI is InChI=1S/C13H26N4/c1-5-12(6-2)9-17-10-15-13(16-17)8-14-7-11(3)4/h10-12,14H,5-9H2,1-4H3. The first kappa shape index (κ1) is 14.2. The summed E-state index contributed by atoms with van der Waals surface area (Å²) in [5.74, 6) is 2.28. The van der Waals surface area contributed by atoms with Crippen LogP contribution in [0.5, 0.6) is 0 Å². The SMILES string of the molecule is CCC(CC)Cn1cnc(CNCC(C)C)n1. The zero-order valence-electron chi connectivity index (χ0n) is 11.6. The minimum Gasteiger partial charge on any atom is -0.310 e. The Morgan fingerprint density at radius 2 is 2.00 bits per heavy atom. The van der Waals surface area contributed by atoms with Gasteiger partial charge in [0.1, 0.15) is 6.33 Å². The van der Waals surface area contributed by atoms with E-state index in [1.807, 2.05) is 11.0 Å². The first-order chi connectivity index (χ1) is 8.15. The molecular weight excluding hydrogens is 212 g/mol. The van der Waals surface area contributed by atoms with Crippen molar-refractivity contribution in [3.8, 4) is 0 Å². The predicted molar refractivity (Wildman–Crippen MR) is 70.6 cm³/mol. The van der Waals surface area contributed by atoms with Gasteiger partial charge in [-0.1, -0.05) is 40.5 Å². The summed E-state index contributed by atoms with van der Waals surface area (Å²) in [6, 6.07) is 0. The molecule has 1 aromatic heterocycles. The number of aromatic nitrogens is 3. The quantitative estimate of drug-likeness (QED) is 0.756. The van der Waals surface area contributed by atoms with Crippen LogP contribution in [-0.2, 0) is 13.1 Å². The third-order valence-corrected chi connectivity index (χ3v) is 3.02. The summed E-state index contributed by atoms with van der Waals surface area (Å²) in [7, 11) is 0. The van der Waals surface area contributed by atoms with Gasteiger partial charge < -0.3 is 5.32 Å². The van der Waals surface area contributed by atoms with Crippen molar-refractivity contribution >= 4 is 0 Å². The third kappa shape index (κ3) is 5.31. The molecule has 0 aliphatic carbocycles. The lowest BCUT2D eigenvalue weighted by Crippen LogP contribution is -2.20. The molecular formula is C13H26N4. The van der Waals surface area contributed by atoms with E-state index >= 15 is 0 Å². The predicted octanol–water partition coefficient (Wildman–Crippen LogP) is 2.46. The number of hydrogen-bond acceptors (Lipinski definition) is 3. The molecule has 1 heterocycles. The summed E-state index contributed by atoms with van der Waals surface area (Å²) in [6.45, 7) is 11.6. The lowest BCUT2D eigenvalue weighted by Gasteiger charge is -2.11. The maximum absolute atomic E-state index is 4.49. The Morgan fingerprint density at radius 3 is 2.59 bits per heavy atom. The Bertz CT molecular complexity index is 302. The van der Waals surface area contributed by atoms with Crippen LogP contribution in [-0.4, -0.2) is 21.3 Å². The van der Waals surface area contributed by atoms with Crippen molar-refractivity contribution in [3.63, 3.8) is 0 Å². The molecule has 0 bridgehead atoms. The molecule has 0 atom stereocenters. The van der Waals surface area contributed by atoms with Gasteiger partial charge in [0, 0.05) is 6.54 Å². The van der Waals surface area contributed by atoms with Crippen molar-refractivity contribution < 1.29 is 0 Å². The Hall–Kier alpha value is -0.900. The summed E-state index contributed by atoms with van der Waals surface area (Å²) in [6.07, 6.45) is 4.26. The Morgan fingerprint density at radius 1 is 1.29 bits per heavy atom. The minimum absolute atomic E-state index is 0.668. The first-order valence-electron chi connectivity index (χ1n) is 6.74. The summed E-state index contributed by atoms with van der Waals surface area (Å²) in [5.41, 5.74) is 0. The first-order valence-corrected chi connectivity index (χ1v) is 6.74. The van der Waals surface area contributed by atoms with Gasteiger partial charge in [0.15, 0.2) is 5.82 Å². The van der Waals surface area contributed by atoms with Gasteiger partial charge in [-0.15, -0.1) is 0 Å². The molecule has 4 nitrogen and oxygen atoms in total. The van der Waals surface area contributed by atoms with E-state index in [0.29, 0.717) is 11.8 Å². The van der Waals surface area contributed by atoms with Gasteiger partial charge >= 0.3 is 0 Å². The van der Waals surface area contributed by atoms with E-state index in [0.717, 1.165) is 25.5 Å². The molecule has 0 radical (unpaired) electrons. The molecule has 1 rings (SSSR count). The van der Waals surface area contributed by atoms with Crippen molar-refractivity contribution in [2.24, 2.45) is 11.8 Å². The van der Waals surface area contributed by atoms with E-state index in [1.54, 1.807) is 0 Å². The Labute approximate surface area is 105 Å². The highest BCUT2D eigenvalue weighted by atomic mass is 15.3. The summed E-state index contributed by atoms with van der Waals surface area (Å²) in [4.78, 5) is 4.32. The van der Waals surface area contributed by atoms with Crippen molar-refractivity contribution in [1.29, 1.82) is 0 Å². The third-order valence-electron chi connectivity index (χ3n) is 3.02. The molecule has 0 aliphatic heterocycles. The maximum atomic E-state index is 4.49. The molecule has 0 saturated carbocycles. The second kappa shape index (κ2) is 7.43. The highest BCUT2D eigenvalue weighted by Crippen LogP contribution is 2.09. The zero-order valence-corrected chi connectivity index (χ0v) is 11.6. The molecule has 1 N–H and O–H groups in total. The molecule has 0 aromatic carbocycles. The molecule has 0 unspecified atom stereocenters. The van der Waals surface area contributed by atoms with Crippen LogP contribution in [0.2, 0.25) is 0 Å². The monoisotopic (exact) mass is 238 g/mol. The van der Waals surface area contributed by atoms with E-state index in [-0.39, 0.29) is 0 Å². The summed E-state index contributed by atoms with van der Waals surface area (Å²) < 4.78 is 1.98. The van der Waals surface area contributed by atoms with E-state index in [2.05, 4.69) is 43.1 Å². The second-order valence-corrected chi connectivity index (χ2v) is 5.09. The fourth-order valence-electron chi connectivity index (χ4n) is 1.79. The van der Waals surface area contributed by atoms with Crippen LogP contribution in [0.3, 0.4) is 0 Å². The maximum Gasteiger partial charge on any atom is 0.164 e. The van der Waals surface area contributed by atoms with Crippen LogP contribution < -0.4 is 5.32 Å². The molecule has 0 amide bonds.